The molecule has 0 aliphatic carbocycles. The maximum atomic E-state index is 11.9. The first-order valence-electron chi connectivity index (χ1n) is 5.95. The van der Waals surface area contributed by atoms with Crippen LogP contribution in [0.3, 0.4) is 0 Å². The quantitative estimate of drug-likeness (QED) is 0.808. The standard InChI is InChI=1S/C11H21NO5S/c1-11(2,3)17-10(14)12(5-6-13)9-4-7-18(15,16)8-9/h9,13H,4-8H2,1-3H3. The van der Waals surface area contributed by atoms with Gasteiger partial charge in [0.05, 0.1) is 24.2 Å². The molecule has 1 rings (SSSR count). The molecule has 1 amide bonds. The highest BCUT2D eigenvalue weighted by molar-refractivity contribution is 7.91. The average Bonchev–Trinajstić information content (AvgIpc) is 2.52. The van der Waals surface area contributed by atoms with Crippen LogP contribution in [0.15, 0.2) is 0 Å². The molecule has 1 N–H and O–H groups in total. The summed E-state index contributed by atoms with van der Waals surface area (Å²) in [4.78, 5) is 13.3. The first kappa shape index (κ1) is 15.2. The molecule has 0 aromatic carbocycles. The van der Waals surface area contributed by atoms with Crippen molar-refractivity contribution in [3.8, 4) is 0 Å². The van der Waals surface area contributed by atoms with Crippen molar-refractivity contribution < 1.29 is 23.1 Å². The third-order valence-corrected chi connectivity index (χ3v) is 4.37. The number of amides is 1. The smallest absolute Gasteiger partial charge is 0.410 e. The van der Waals surface area contributed by atoms with Crippen LogP contribution in [0.2, 0.25) is 0 Å². The van der Waals surface area contributed by atoms with Crippen LogP contribution in [0, 0.1) is 0 Å². The monoisotopic (exact) mass is 279 g/mol. The molecule has 106 valence electrons. The minimum Gasteiger partial charge on any atom is -0.444 e. The van der Waals surface area contributed by atoms with Gasteiger partial charge < -0.3 is 14.7 Å². The van der Waals surface area contributed by atoms with Gasteiger partial charge in [0.2, 0.25) is 0 Å². The maximum Gasteiger partial charge on any atom is 0.410 e. The summed E-state index contributed by atoms with van der Waals surface area (Å²) in [7, 11) is -3.07. The Labute approximate surface area is 108 Å². The van der Waals surface area contributed by atoms with Crippen LogP contribution in [0.4, 0.5) is 4.79 Å². The number of nitrogens with zero attached hydrogens (tertiary/aromatic N) is 1. The van der Waals surface area contributed by atoms with Gasteiger partial charge >= 0.3 is 6.09 Å². The van der Waals surface area contributed by atoms with Gasteiger partial charge in [-0.05, 0) is 27.2 Å². The minimum absolute atomic E-state index is 0.0494. The van der Waals surface area contributed by atoms with E-state index in [0.29, 0.717) is 6.42 Å². The Bertz CT molecular complexity index is 398. The molecule has 0 aromatic heterocycles. The molecule has 0 aromatic rings. The van der Waals surface area contributed by atoms with Gasteiger partial charge in [-0.3, -0.25) is 0 Å². The summed E-state index contributed by atoms with van der Waals surface area (Å²) >= 11 is 0. The Morgan fingerprint density at radius 1 is 1.44 bits per heavy atom. The number of aliphatic hydroxyl groups is 1. The third kappa shape index (κ3) is 4.45. The zero-order valence-corrected chi connectivity index (χ0v) is 11.9. The van der Waals surface area contributed by atoms with Crippen molar-refractivity contribution in [2.75, 3.05) is 24.7 Å². The summed E-state index contributed by atoms with van der Waals surface area (Å²) in [5.41, 5.74) is -0.637. The largest absolute Gasteiger partial charge is 0.444 e. The molecule has 0 radical (unpaired) electrons. The second-order valence-electron chi connectivity index (χ2n) is 5.45. The van der Waals surface area contributed by atoms with Crippen molar-refractivity contribution in [2.24, 2.45) is 0 Å². The first-order valence-corrected chi connectivity index (χ1v) is 7.78. The minimum atomic E-state index is -3.07. The summed E-state index contributed by atoms with van der Waals surface area (Å²) in [6.07, 6.45) is -0.166. The molecule has 1 fully saturated rings. The number of sulfone groups is 1. The lowest BCUT2D eigenvalue weighted by Crippen LogP contribution is -2.45. The predicted octanol–water partition coefficient (Wildman–Crippen LogP) is 0.403. The second kappa shape index (κ2) is 5.44. The molecular formula is C11H21NO5S. The number of aliphatic hydroxyl groups excluding tert-OH is 1. The molecule has 0 spiro atoms. The Hall–Kier alpha value is -0.820. The molecule has 1 heterocycles. The van der Waals surface area contributed by atoms with E-state index < -0.39 is 27.6 Å². The van der Waals surface area contributed by atoms with E-state index in [4.69, 9.17) is 9.84 Å². The number of carbonyl (C=O) groups excluding carboxylic acids is 1. The van der Waals surface area contributed by atoms with Crippen LogP contribution in [-0.2, 0) is 14.6 Å². The van der Waals surface area contributed by atoms with E-state index in [0.717, 1.165) is 0 Å². The van der Waals surface area contributed by atoms with Gasteiger partial charge in [-0.2, -0.15) is 0 Å². The number of hydrogen-bond donors (Lipinski definition) is 1. The zero-order valence-electron chi connectivity index (χ0n) is 11.0. The Kier molecular flexibility index (Phi) is 4.61. The number of rotatable bonds is 3. The zero-order chi connectivity index (χ0) is 14.0. The third-order valence-electron chi connectivity index (χ3n) is 2.62. The molecule has 6 nitrogen and oxygen atoms in total. The van der Waals surface area contributed by atoms with Crippen LogP contribution in [0.5, 0.6) is 0 Å². The number of ether oxygens (including phenoxy) is 1. The SMILES string of the molecule is CC(C)(C)OC(=O)N(CCO)C1CCS(=O)(=O)C1. The topological polar surface area (TPSA) is 83.9 Å². The summed E-state index contributed by atoms with van der Waals surface area (Å²) in [6, 6.07) is -0.392. The van der Waals surface area contributed by atoms with E-state index in [1.54, 1.807) is 20.8 Å². The first-order chi connectivity index (χ1) is 8.14. The van der Waals surface area contributed by atoms with Gasteiger partial charge in [0.25, 0.3) is 0 Å². The summed E-state index contributed by atoms with van der Waals surface area (Å²) < 4.78 is 28.0. The van der Waals surface area contributed by atoms with Crippen LogP contribution in [0.1, 0.15) is 27.2 Å². The van der Waals surface area contributed by atoms with Crippen molar-refractivity contribution in [1.82, 2.24) is 4.90 Å². The fourth-order valence-electron chi connectivity index (χ4n) is 1.87. The second-order valence-corrected chi connectivity index (χ2v) is 7.68. The summed E-state index contributed by atoms with van der Waals surface area (Å²) in [6.45, 7) is 5.11. The normalized spacial score (nSPS) is 22.8. The van der Waals surface area contributed by atoms with Crippen molar-refractivity contribution in [2.45, 2.75) is 38.8 Å². The van der Waals surface area contributed by atoms with E-state index in [1.807, 2.05) is 0 Å². The van der Waals surface area contributed by atoms with E-state index in [2.05, 4.69) is 0 Å². The van der Waals surface area contributed by atoms with E-state index in [-0.39, 0.29) is 24.7 Å². The van der Waals surface area contributed by atoms with Crippen molar-refractivity contribution in [3.05, 3.63) is 0 Å². The molecule has 1 aliphatic rings. The van der Waals surface area contributed by atoms with Crippen LogP contribution < -0.4 is 0 Å². The van der Waals surface area contributed by atoms with Gasteiger partial charge in [-0.1, -0.05) is 0 Å². The molecular weight excluding hydrogens is 258 g/mol. The highest BCUT2D eigenvalue weighted by Crippen LogP contribution is 2.20. The lowest BCUT2D eigenvalue weighted by atomic mass is 10.2. The van der Waals surface area contributed by atoms with Gasteiger partial charge in [-0.15, -0.1) is 0 Å². The average molecular weight is 279 g/mol. The predicted molar refractivity (Wildman–Crippen MR) is 67.1 cm³/mol. The molecule has 0 saturated carbocycles. The van der Waals surface area contributed by atoms with E-state index in [9.17, 15) is 13.2 Å². The molecule has 1 saturated heterocycles. The van der Waals surface area contributed by atoms with Crippen molar-refractivity contribution >= 4 is 15.9 Å². The van der Waals surface area contributed by atoms with Gasteiger partial charge in [0.15, 0.2) is 9.84 Å². The van der Waals surface area contributed by atoms with Crippen LogP contribution in [-0.4, -0.2) is 60.8 Å². The van der Waals surface area contributed by atoms with Gasteiger partial charge in [0, 0.05) is 6.54 Å². The van der Waals surface area contributed by atoms with Crippen LogP contribution in [0.25, 0.3) is 0 Å². The van der Waals surface area contributed by atoms with Gasteiger partial charge in [-0.25, -0.2) is 13.2 Å². The lowest BCUT2D eigenvalue weighted by Gasteiger charge is -2.30. The van der Waals surface area contributed by atoms with E-state index in [1.165, 1.54) is 4.90 Å². The molecule has 18 heavy (non-hydrogen) atoms. The van der Waals surface area contributed by atoms with Crippen LogP contribution >= 0.6 is 0 Å². The van der Waals surface area contributed by atoms with Gasteiger partial charge in [0.1, 0.15) is 5.60 Å². The Morgan fingerprint density at radius 2 is 2.06 bits per heavy atom. The summed E-state index contributed by atoms with van der Waals surface area (Å²) in [5.74, 6) is 0.0363. The summed E-state index contributed by atoms with van der Waals surface area (Å²) in [5, 5.41) is 8.98. The van der Waals surface area contributed by atoms with E-state index >= 15 is 0 Å². The molecule has 1 aliphatic heterocycles. The number of carbonyl (C=O) groups is 1. The lowest BCUT2D eigenvalue weighted by molar-refractivity contribution is 0.0146. The Morgan fingerprint density at radius 3 is 2.44 bits per heavy atom. The maximum absolute atomic E-state index is 11.9. The highest BCUT2D eigenvalue weighted by atomic mass is 32.2. The number of hydrogen-bond acceptors (Lipinski definition) is 5. The van der Waals surface area contributed by atoms with Crippen molar-refractivity contribution in [3.63, 3.8) is 0 Å². The highest BCUT2D eigenvalue weighted by Gasteiger charge is 2.36. The fraction of sp³-hybridized carbons (Fsp3) is 0.909. The molecule has 0 bridgehead atoms. The fourth-order valence-corrected chi connectivity index (χ4v) is 3.60. The molecule has 1 unspecified atom stereocenters. The van der Waals surface area contributed by atoms with Crippen molar-refractivity contribution in [1.29, 1.82) is 0 Å². The Balaban J connectivity index is 2.74. The molecule has 7 heteroatoms. The molecule has 1 atom stereocenters.